The van der Waals surface area contributed by atoms with Gasteiger partial charge in [0.05, 0.1) is 6.54 Å². The Hall–Kier alpha value is -0.730. The number of hydrogen-bond acceptors (Lipinski definition) is 3. The first kappa shape index (κ1) is 4.43. The largest absolute Gasteiger partial charge is 0.480 e. The molecule has 1 rings (SSSR count). The summed E-state index contributed by atoms with van der Waals surface area (Å²) >= 11 is 0. The Bertz CT molecular complexity index is 81.8. The molecular weight excluding hydrogens is 92.1 g/mol. The lowest BCUT2D eigenvalue weighted by atomic mass is 10.7. The van der Waals surface area contributed by atoms with Crippen LogP contribution in [0.15, 0.2) is 5.10 Å². The zero-order valence-corrected chi connectivity index (χ0v) is 4.29. The number of rotatable bonds is 0. The van der Waals surface area contributed by atoms with E-state index in [0.717, 1.165) is 13.2 Å². The molecule has 7 heavy (non-hydrogen) atoms. The molecule has 0 aromatic heterocycles. The first-order chi connectivity index (χ1) is 3.39. The lowest BCUT2D eigenvalue weighted by Crippen LogP contribution is -2.21. The summed E-state index contributed by atoms with van der Waals surface area (Å²) in [5.41, 5.74) is 0. The van der Waals surface area contributed by atoms with Crippen molar-refractivity contribution >= 4 is 6.40 Å². The average Bonchev–Trinajstić information content (AvgIpc) is 1.69. The van der Waals surface area contributed by atoms with Crippen molar-refractivity contribution < 1.29 is 4.74 Å². The van der Waals surface area contributed by atoms with Crippen LogP contribution in [0.1, 0.15) is 0 Å². The molecular formula is C4H8N2O. The molecule has 0 saturated heterocycles. The zero-order valence-electron chi connectivity index (χ0n) is 4.29. The Labute approximate surface area is 42.6 Å². The van der Waals surface area contributed by atoms with Crippen LogP contribution >= 0.6 is 0 Å². The van der Waals surface area contributed by atoms with Crippen LogP contribution in [0.5, 0.6) is 0 Å². The highest BCUT2D eigenvalue weighted by molar-refractivity contribution is 5.46. The van der Waals surface area contributed by atoms with Crippen LogP contribution in [0.4, 0.5) is 0 Å². The number of likely N-dealkylation sites (N-methyl/N-ethyl adjacent to an activating group) is 1. The van der Waals surface area contributed by atoms with Gasteiger partial charge in [-0.3, -0.25) is 5.01 Å². The Morgan fingerprint density at radius 2 is 2.71 bits per heavy atom. The third-order valence-corrected chi connectivity index (χ3v) is 0.852. The SMILES string of the molecule is CN1CCOC=N1. The number of nitrogens with zero attached hydrogens (tertiary/aromatic N) is 2. The second-order valence-corrected chi connectivity index (χ2v) is 1.47. The highest BCUT2D eigenvalue weighted by atomic mass is 16.5. The zero-order chi connectivity index (χ0) is 5.11. The summed E-state index contributed by atoms with van der Waals surface area (Å²) in [6.07, 6.45) is 1.46. The van der Waals surface area contributed by atoms with Gasteiger partial charge in [-0.2, -0.15) is 0 Å². The standard InChI is InChI=1S/C4H8N2O/c1-6-2-3-7-4-5-6/h4H,2-3H2,1H3. The Balaban J connectivity index is 2.36. The summed E-state index contributed by atoms with van der Waals surface area (Å²) in [5.74, 6) is 0. The fourth-order valence-corrected chi connectivity index (χ4v) is 0.409. The van der Waals surface area contributed by atoms with E-state index in [0.29, 0.717) is 0 Å². The lowest BCUT2D eigenvalue weighted by molar-refractivity contribution is 0.202. The van der Waals surface area contributed by atoms with Crippen molar-refractivity contribution in [3.05, 3.63) is 0 Å². The molecule has 1 aliphatic heterocycles. The molecule has 0 unspecified atom stereocenters. The van der Waals surface area contributed by atoms with Gasteiger partial charge in [0.2, 0.25) is 0 Å². The molecule has 3 heteroatoms. The second kappa shape index (κ2) is 1.82. The van der Waals surface area contributed by atoms with E-state index in [-0.39, 0.29) is 0 Å². The van der Waals surface area contributed by atoms with Gasteiger partial charge in [0, 0.05) is 7.05 Å². The van der Waals surface area contributed by atoms with E-state index in [9.17, 15) is 0 Å². The third kappa shape index (κ3) is 1.07. The van der Waals surface area contributed by atoms with Gasteiger partial charge < -0.3 is 4.74 Å². The molecule has 0 amide bonds. The van der Waals surface area contributed by atoms with Crippen molar-refractivity contribution in [3.63, 3.8) is 0 Å². The lowest BCUT2D eigenvalue weighted by Gasteiger charge is -2.15. The van der Waals surface area contributed by atoms with Crippen LogP contribution in [0.25, 0.3) is 0 Å². The van der Waals surface area contributed by atoms with E-state index in [1.165, 1.54) is 6.40 Å². The maximum Gasteiger partial charge on any atom is 0.192 e. The maximum absolute atomic E-state index is 4.81. The predicted octanol–water partition coefficient (Wildman–Crippen LogP) is -0.108. The maximum atomic E-state index is 4.81. The van der Waals surface area contributed by atoms with E-state index >= 15 is 0 Å². The first-order valence-electron chi connectivity index (χ1n) is 2.25. The first-order valence-corrected chi connectivity index (χ1v) is 2.25. The Kier molecular flexibility index (Phi) is 1.15. The van der Waals surface area contributed by atoms with Crippen LogP contribution < -0.4 is 0 Å². The van der Waals surface area contributed by atoms with Crippen LogP contribution in [0.3, 0.4) is 0 Å². The molecule has 0 aromatic rings. The van der Waals surface area contributed by atoms with E-state index in [1.807, 2.05) is 12.1 Å². The highest BCUT2D eigenvalue weighted by Gasteiger charge is 1.95. The van der Waals surface area contributed by atoms with Gasteiger partial charge in [-0.15, -0.1) is 5.10 Å². The van der Waals surface area contributed by atoms with E-state index < -0.39 is 0 Å². The van der Waals surface area contributed by atoms with Crippen LogP contribution in [0.2, 0.25) is 0 Å². The van der Waals surface area contributed by atoms with Gasteiger partial charge in [-0.1, -0.05) is 0 Å². The Morgan fingerprint density at radius 1 is 1.86 bits per heavy atom. The van der Waals surface area contributed by atoms with Gasteiger partial charge in [0.15, 0.2) is 6.40 Å². The van der Waals surface area contributed by atoms with Crippen molar-refractivity contribution in [2.45, 2.75) is 0 Å². The molecule has 0 aliphatic carbocycles. The minimum atomic E-state index is 0.764. The van der Waals surface area contributed by atoms with Crippen molar-refractivity contribution in [1.29, 1.82) is 0 Å². The van der Waals surface area contributed by atoms with Crippen molar-refractivity contribution in [2.24, 2.45) is 5.10 Å². The fourth-order valence-electron chi connectivity index (χ4n) is 0.409. The Morgan fingerprint density at radius 3 is 3.00 bits per heavy atom. The fraction of sp³-hybridized carbons (Fsp3) is 0.750. The molecule has 0 atom stereocenters. The normalized spacial score (nSPS) is 19.3. The van der Waals surface area contributed by atoms with Gasteiger partial charge in [0.1, 0.15) is 6.61 Å². The molecule has 40 valence electrons. The van der Waals surface area contributed by atoms with Gasteiger partial charge >= 0.3 is 0 Å². The number of ether oxygens (including phenoxy) is 1. The monoisotopic (exact) mass is 100 g/mol. The highest BCUT2D eigenvalue weighted by Crippen LogP contribution is 1.87. The van der Waals surface area contributed by atoms with E-state index in [1.54, 1.807) is 0 Å². The number of hydrogen-bond donors (Lipinski definition) is 0. The summed E-state index contributed by atoms with van der Waals surface area (Å²) in [4.78, 5) is 0. The minimum Gasteiger partial charge on any atom is -0.480 e. The van der Waals surface area contributed by atoms with E-state index in [4.69, 9.17) is 4.74 Å². The van der Waals surface area contributed by atoms with Gasteiger partial charge in [-0.25, -0.2) is 0 Å². The molecule has 0 N–H and O–H groups in total. The third-order valence-electron chi connectivity index (χ3n) is 0.852. The molecule has 3 nitrogen and oxygen atoms in total. The molecule has 0 fully saturated rings. The van der Waals surface area contributed by atoms with Crippen LogP contribution in [-0.2, 0) is 4.74 Å². The van der Waals surface area contributed by atoms with Gasteiger partial charge in [0.25, 0.3) is 0 Å². The molecule has 0 spiro atoms. The molecule has 1 heterocycles. The minimum absolute atomic E-state index is 0.764. The molecule has 1 aliphatic rings. The number of hydrazone groups is 1. The predicted molar refractivity (Wildman–Crippen MR) is 27.1 cm³/mol. The molecule has 0 aromatic carbocycles. The van der Waals surface area contributed by atoms with Crippen molar-refractivity contribution in [1.82, 2.24) is 5.01 Å². The molecule has 0 radical (unpaired) electrons. The summed E-state index contributed by atoms with van der Waals surface area (Å²) < 4.78 is 4.81. The van der Waals surface area contributed by atoms with Crippen molar-refractivity contribution in [3.8, 4) is 0 Å². The second-order valence-electron chi connectivity index (χ2n) is 1.47. The van der Waals surface area contributed by atoms with Crippen LogP contribution in [-0.4, -0.2) is 31.6 Å². The molecule has 0 bridgehead atoms. The van der Waals surface area contributed by atoms with Gasteiger partial charge in [-0.05, 0) is 0 Å². The summed E-state index contributed by atoms with van der Waals surface area (Å²) in [6, 6.07) is 0. The average molecular weight is 100 g/mol. The smallest absolute Gasteiger partial charge is 0.192 e. The van der Waals surface area contributed by atoms with Crippen LogP contribution in [0, 0.1) is 0 Å². The van der Waals surface area contributed by atoms with E-state index in [2.05, 4.69) is 5.10 Å². The summed E-state index contributed by atoms with van der Waals surface area (Å²) in [5, 5.41) is 5.65. The topological polar surface area (TPSA) is 24.8 Å². The molecule has 0 saturated carbocycles. The summed E-state index contributed by atoms with van der Waals surface area (Å²) in [6.45, 7) is 1.66. The summed E-state index contributed by atoms with van der Waals surface area (Å²) in [7, 11) is 1.92. The van der Waals surface area contributed by atoms with Crippen molar-refractivity contribution in [2.75, 3.05) is 20.2 Å². The quantitative estimate of drug-likeness (QED) is 0.424.